The van der Waals surface area contributed by atoms with E-state index in [4.69, 9.17) is 0 Å². The molecule has 1 heterocycles. The Kier molecular flexibility index (Phi) is 6.51. The lowest BCUT2D eigenvalue weighted by molar-refractivity contribution is 0.828. The van der Waals surface area contributed by atoms with Crippen LogP contribution in [0.2, 0.25) is 0 Å². The molecule has 1 fully saturated rings. The number of rotatable bonds is 5. The molecule has 0 saturated carbocycles. The van der Waals surface area contributed by atoms with Crippen molar-refractivity contribution in [3.05, 3.63) is 10.3 Å². The van der Waals surface area contributed by atoms with Crippen molar-refractivity contribution in [1.29, 1.82) is 0 Å². The summed E-state index contributed by atoms with van der Waals surface area (Å²) < 4.78 is 1.57. The predicted molar refractivity (Wildman–Crippen MR) is 69.8 cm³/mol. The van der Waals surface area contributed by atoms with Crippen molar-refractivity contribution in [1.82, 2.24) is 0 Å². The third-order valence-electron chi connectivity index (χ3n) is 1.85. The molecule has 0 amide bonds. The van der Waals surface area contributed by atoms with E-state index in [0.717, 1.165) is 5.25 Å². The van der Waals surface area contributed by atoms with Gasteiger partial charge in [0.2, 0.25) is 0 Å². The fourth-order valence-corrected chi connectivity index (χ4v) is 4.95. The lowest BCUT2D eigenvalue weighted by Gasteiger charge is -2.10. The van der Waals surface area contributed by atoms with Crippen LogP contribution in [-0.2, 0) is 0 Å². The van der Waals surface area contributed by atoms with Crippen molar-refractivity contribution < 1.29 is 0 Å². The minimum Gasteiger partial charge on any atom is -0.155 e. The van der Waals surface area contributed by atoms with E-state index in [1.807, 2.05) is 23.5 Å². The summed E-state index contributed by atoms with van der Waals surface area (Å²) in [6, 6.07) is 0. The second kappa shape index (κ2) is 7.13. The molecule has 76 valence electrons. The normalized spacial score (nSPS) is 19.1. The molecule has 1 rings (SSSR count). The van der Waals surface area contributed by atoms with Crippen LogP contribution in [0.5, 0.6) is 0 Å². The van der Waals surface area contributed by atoms with Gasteiger partial charge in [0, 0.05) is 21.0 Å². The highest BCUT2D eigenvalue weighted by Crippen LogP contribution is 2.37. The van der Waals surface area contributed by atoms with Gasteiger partial charge in [-0.25, -0.2) is 0 Å². The van der Waals surface area contributed by atoms with Crippen LogP contribution in [-0.4, -0.2) is 22.5 Å². The van der Waals surface area contributed by atoms with Crippen molar-refractivity contribution in [2.24, 2.45) is 0 Å². The zero-order valence-electron chi connectivity index (χ0n) is 8.41. The van der Waals surface area contributed by atoms with Crippen molar-refractivity contribution in [2.75, 3.05) is 17.3 Å². The van der Waals surface area contributed by atoms with E-state index in [-0.39, 0.29) is 0 Å². The second-order valence-corrected chi connectivity index (χ2v) is 7.01. The molecular formula is C10H18S3. The van der Waals surface area contributed by atoms with E-state index < -0.39 is 0 Å². The largest absolute Gasteiger partial charge is 0.155 e. The third-order valence-corrected chi connectivity index (χ3v) is 5.60. The Bertz CT molecular complexity index is 152. The molecule has 0 N–H and O–H groups in total. The maximum Gasteiger partial charge on any atom is 0.0372 e. The molecule has 0 aromatic carbocycles. The van der Waals surface area contributed by atoms with Crippen LogP contribution in [0.15, 0.2) is 10.3 Å². The first-order valence-electron chi connectivity index (χ1n) is 4.95. The van der Waals surface area contributed by atoms with Gasteiger partial charge in [0.1, 0.15) is 0 Å². The summed E-state index contributed by atoms with van der Waals surface area (Å²) in [4.78, 5) is 0. The zero-order chi connectivity index (χ0) is 9.52. The van der Waals surface area contributed by atoms with Gasteiger partial charge in [0.05, 0.1) is 0 Å². The summed E-state index contributed by atoms with van der Waals surface area (Å²) in [7, 11) is 0. The van der Waals surface area contributed by atoms with Crippen LogP contribution >= 0.6 is 35.3 Å². The predicted octanol–water partition coefficient (Wildman–Crippen LogP) is 4.23. The number of hydrogen-bond acceptors (Lipinski definition) is 3. The van der Waals surface area contributed by atoms with Gasteiger partial charge in [-0.05, 0) is 12.2 Å². The van der Waals surface area contributed by atoms with Gasteiger partial charge in [0.25, 0.3) is 0 Å². The first-order valence-corrected chi connectivity index (χ1v) is 7.97. The van der Waals surface area contributed by atoms with Crippen molar-refractivity contribution in [3.8, 4) is 0 Å². The molecule has 1 aliphatic rings. The molecule has 1 atom stereocenters. The van der Waals surface area contributed by atoms with Gasteiger partial charge in [-0.3, -0.25) is 0 Å². The Morgan fingerprint density at radius 3 is 2.62 bits per heavy atom. The molecule has 0 aliphatic carbocycles. The van der Waals surface area contributed by atoms with E-state index >= 15 is 0 Å². The summed E-state index contributed by atoms with van der Waals surface area (Å²) in [5.41, 5.74) is 0. The van der Waals surface area contributed by atoms with Gasteiger partial charge in [-0.2, -0.15) is 11.8 Å². The Labute approximate surface area is 94.7 Å². The van der Waals surface area contributed by atoms with E-state index in [0.29, 0.717) is 0 Å². The van der Waals surface area contributed by atoms with Gasteiger partial charge >= 0.3 is 0 Å². The second-order valence-electron chi connectivity index (χ2n) is 2.97. The van der Waals surface area contributed by atoms with Crippen LogP contribution in [0, 0.1) is 0 Å². The van der Waals surface area contributed by atoms with Crippen LogP contribution in [0.25, 0.3) is 0 Å². The molecule has 3 heteroatoms. The standard InChI is InChI=1S/C10H18S3/c1-3-5-9(11-4-2)8-10-12-6-7-13-10/h8-9H,3-7H2,1-2H3. The Morgan fingerprint density at radius 2 is 2.08 bits per heavy atom. The maximum atomic E-state index is 2.49. The van der Waals surface area contributed by atoms with E-state index in [9.17, 15) is 0 Å². The van der Waals surface area contributed by atoms with Gasteiger partial charge in [-0.15, -0.1) is 23.5 Å². The van der Waals surface area contributed by atoms with Gasteiger partial charge < -0.3 is 0 Å². The SMILES string of the molecule is CCCC(C=C1SCCS1)SCC. The lowest BCUT2D eigenvalue weighted by Crippen LogP contribution is -1.98. The molecule has 1 unspecified atom stereocenters. The summed E-state index contributed by atoms with van der Waals surface area (Å²) in [6.07, 6.45) is 5.12. The van der Waals surface area contributed by atoms with Crippen molar-refractivity contribution in [3.63, 3.8) is 0 Å². The first kappa shape index (κ1) is 11.9. The molecule has 1 saturated heterocycles. The topological polar surface area (TPSA) is 0 Å². The minimum atomic E-state index is 0.767. The fourth-order valence-electron chi connectivity index (χ4n) is 1.29. The highest BCUT2D eigenvalue weighted by atomic mass is 32.2. The Balaban J connectivity index is 2.38. The molecule has 0 aromatic rings. The maximum absolute atomic E-state index is 2.49. The number of hydrogen-bond donors (Lipinski definition) is 0. The zero-order valence-corrected chi connectivity index (χ0v) is 10.9. The van der Waals surface area contributed by atoms with E-state index in [1.54, 1.807) is 4.24 Å². The molecule has 0 aromatic heterocycles. The third kappa shape index (κ3) is 4.71. The Hall–Kier alpha value is 0.790. The smallest absolute Gasteiger partial charge is 0.0372 e. The highest BCUT2D eigenvalue weighted by Gasteiger charge is 2.11. The highest BCUT2D eigenvalue weighted by molar-refractivity contribution is 8.25. The molecule has 0 spiro atoms. The summed E-state index contributed by atoms with van der Waals surface area (Å²) in [5, 5.41) is 0.767. The molecule has 0 radical (unpaired) electrons. The van der Waals surface area contributed by atoms with Crippen molar-refractivity contribution in [2.45, 2.75) is 31.9 Å². The average molecular weight is 234 g/mol. The summed E-state index contributed by atoms with van der Waals surface area (Å²) in [6.45, 7) is 4.53. The Morgan fingerprint density at radius 1 is 1.38 bits per heavy atom. The average Bonchev–Trinajstić information content (AvgIpc) is 2.58. The monoisotopic (exact) mass is 234 g/mol. The quantitative estimate of drug-likeness (QED) is 0.699. The summed E-state index contributed by atoms with van der Waals surface area (Å²) >= 11 is 6.15. The molecular weight excluding hydrogens is 216 g/mol. The molecule has 0 nitrogen and oxygen atoms in total. The van der Waals surface area contributed by atoms with E-state index in [1.165, 1.54) is 30.1 Å². The lowest BCUT2D eigenvalue weighted by atomic mass is 10.2. The molecule has 0 bridgehead atoms. The van der Waals surface area contributed by atoms with Crippen LogP contribution in [0.1, 0.15) is 26.7 Å². The summed E-state index contributed by atoms with van der Waals surface area (Å²) in [5.74, 6) is 3.86. The molecule has 13 heavy (non-hydrogen) atoms. The van der Waals surface area contributed by atoms with Crippen LogP contribution in [0.3, 0.4) is 0 Å². The van der Waals surface area contributed by atoms with Gasteiger partial charge in [-0.1, -0.05) is 26.3 Å². The van der Waals surface area contributed by atoms with Gasteiger partial charge in [0.15, 0.2) is 0 Å². The van der Waals surface area contributed by atoms with Crippen LogP contribution < -0.4 is 0 Å². The first-order chi connectivity index (χ1) is 6.36. The number of thioether (sulfide) groups is 3. The van der Waals surface area contributed by atoms with Crippen LogP contribution in [0.4, 0.5) is 0 Å². The fraction of sp³-hybridized carbons (Fsp3) is 0.800. The van der Waals surface area contributed by atoms with Crippen molar-refractivity contribution >= 4 is 35.3 Å². The van der Waals surface area contributed by atoms with E-state index in [2.05, 4.69) is 31.7 Å². The minimum absolute atomic E-state index is 0.767. The molecule has 1 aliphatic heterocycles.